The first-order chi connectivity index (χ1) is 11.7. The lowest BCUT2D eigenvalue weighted by molar-refractivity contribution is 0.100. The second kappa shape index (κ2) is 5.69. The van der Waals surface area contributed by atoms with Gasteiger partial charge in [-0.05, 0) is 25.5 Å². The van der Waals surface area contributed by atoms with E-state index >= 15 is 0 Å². The van der Waals surface area contributed by atoms with E-state index in [1.54, 1.807) is 19.9 Å². The second-order valence-corrected chi connectivity index (χ2v) is 5.60. The number of benzene rings is 1. The van der Waals surface area contributed by atoms with Gasteiger partial charge >= 0.3 is 0 Å². The number of nitrogen functional groups attached to an aromatic ring is 1. The third-order valence-electron chi connectivity index (χ3n) is 4.02. The van der Waals surface area contributed by atoms with Crippen molar-refractivity contribution in [2.75, 3.05) is 5.73 Å². The summed E-state index contributed by atoms with van der Waals surface area (Å²) in [5.41, 5.74) is 12.4. The summed E-state index contributed by atoms with van der Waals surface area (Å²) in [4.78, 5) is 19.6. The number of primary amides is 1. The molecule has 0 fully saturated rings. The molecular weight excluding hydrogens is 332 g/mol. The second-order valence-electron chi connectivity index (χ2n) is 5.60. The molecule has 7 nitrogen and oxygen atoms in total. The molecule has 2 heterocycles. The zero-order valence-corrected chi connectivity index (χ0v) is 13.4. The Labute approximate surface area is 140 Å². The SMILES string of the molecule is Cc1ccc(O)c(C)c1-n1c(N)c(C(N)=O)c2nc(C(F)F)cnc21. The lowest BCUT2D eigenvalue weighted by atomic mass is 10.1. The van der Waals surface area contributed by atoms with Crippen LogP contribution in [0.1, 0.15) is 33.6 Å². The van der Waals surface area contributed by atoms with Crippen molar-refractivity contribution in [1.82, 2.24) is 14.5 Å². The van der Waals surface area contributed by atoms with Crippen LogP contribution in [-0.4, -0.2) is 25.5 Å². The average molecular weight is 347 g/mol. The van der Waals surface area contributed by atoms with E-state index in [9.17, 15) is 18.7 Å². The lowest BCUT2D eigenvalue weighted by Crippen LogP contribution is -2.14. The summed E-state index contributed by atoms with van der Waals surface area (Å²) in [7, 11) is 0. The minimum absolute atomic E-state index is 0.0136. The molecule has 130 valence electrons. The third-order valence-corrected chi connectivity index (χ3v) is 4.02. The first-order valence-electron chi connectivity index (χ1n) is 7.28. The van der Waals surface area contributed by atoms with Crippen LogP contribution in [0.4, 0.5) is 14.6 Å². The van der Waals surface area contributed by atoms with Gasteiger partial charge in [0, 0.05) is 5.56 Å². The Kier molecular flexibility index (Phi) is 3.78. The van der Waals surface area contributed by atoms with Gasteiger partial charge in [0.1, 0.15) is 28.3 Å². The molecule has 0 spiro atoms. The van der Waals surface area contributed by atoms with Crippen LogP contribution in [0.15, 0.2) is 18.3 Å². The summed E-state index contributed by atoms with van der Waals surface area (Å²) in [5.74, 6) is -0.970. The smallest absolute Gasteiger partial charge is 0.281 e. The van der Waals surface area contributed by atoms with Crippen LogP contribution in [0.3, 0.4) is 0 Å². The van der Waals surface area contributed by atoms with Crippen molar-refractivity contribution in [3.8, 4) is 11.4 Å². The van der Waals surface area contributed by atoms with Crippen LogP contribution in [-0.2, 0) is 0 Å². The van der Waals surface area contributed by atoms with E-state index in [4.69, 9.17) is 11.5 Å². The first kappa shape index (κ1) is 16.6. The Morgan fingerprint density at radius 1 is 1.32 bits per heavy atom. The molecule has 0 bridgehead atoms. The summed E-state index contributed by atoms with van der Waals surface area (Å²) < 4.78 is 27.3. The van der Waals surface area contributed by atoms with Gasteiger partial charge in [0.2, 0.25) is 0 Å². The minimum atomic E-state index is -2.86. The molecule has 1 amide bonds. The standard InChI is InChI=1S/C16H15F2N5O2/c1-6-3-4-9(24)7(2)12(6)23-14(19)10(15(20)25)11-16(23)21-5-8(22-11)13(17)18/h3-5,13,24H,19H2,1-2H3,(H2,20,25). The topological polar surface area (TPSA) is 120 Å². The number of amides is 1. The Morgan fingerprint density at radius 2 is 2.00 bits per heavy atom. The lowest BCUT2D eigenvalue weighted by Gasteiger charge is -2.15. The zero-order chi connectivity index (χ0) is 18.5. The maximum Gasteiger partial charge on any atom is 0.281 e. The highest BCUT2D eigenvalue weighted by Gasteiger charge is 2.26. The predicted molar refractivity (Wildman–Crippen MR) is 87.9 cm³/mol. The predicted octanol–water partition coefficient (Wildman–Crippen LogP) is 2.36. The van der Waals surface area contributed by atoms with Crippen LogP contribution in [0, 0.1) is 13.8 Å². The molecule has 0 unspecified atom stereocenters. The quantitative estimate of drug-likeness (QED) is 0.672. The highest BCUT2D eigenvalue weighted by molar-refractivity contribution is 6.09. The van der Waals surface area contributed by atoms with Crippen molar-refractivity contribution < 1.29 is 18.7 Å². The van der Waals surface area contributed by atoms with E-state index in [1.807, 2.05) is 0 Å². The van der Waals surface area contributed by atoms with Crippen LogP contribution < -0.4 is 11.5 Å². The van der Waals surface area contributed by atoms with E-state index in [-0.39, 0.29) is 28.3 Å². The van der Waals surface area contributed by atoms with Gasteiger partial charge in [-0.25, -0.2) is 18.7 Å². The normalized spacial score (nSPS) is 11.4. The third kappa shape index (κ3) is 2.44. The number of hydrogen-bond donors (Lipinski definition) is 3. The summed E-state index contributed by atoms with van der Waals surface area (Å²) in [6.07, 6.45) is -1.94. The molecule has 0 saturated carbocycles. The number of nitrogens with two attached hydrogens (primary N) is 2. The molecule has 0 aliphatic heterocycles. The molecular formula is C16H15F2N5O2. The number of fused-ring (bicyclic) bond motifs is 1. The molecule has 0 saturated heterocycles. The molecule has 0 aliphatic rings. The molecule has 9 heteroatoms. The largest absolute Gasteiger partial charge is 0.508 e. The summed E-state index contributed by atoms with van der Waals surface area (Å²) in [6.45, 7) is 3.44. The zero-order valence-electron chi connectivity index (χ0n) is 13.4. The van der Waals surface area contributed by atoms with Crippen molar-refractivity contribution >= 4 is 22.9 Å². The molecule has 3 rings (SSSR count). The monoisotopic (exact) mass is 347 g/mol. The van der Waals surface area contributed by atoms with Gasteiger partial charge < -0.3 is 16.6 Å². The van der Waals surface area contributed by atoms with Crippen molar-refractivity contribution in [1.29, 1.82) is 0 Å². The van der Waals surface area contributed by atoms with Crippen molar-refractivity contribution in [3.63, 3.8) is 0 Å². The highest BCUT2D eigenvalue weighted by Crippen LogP contribution is 2.35. The number of anilines is 1. The fraction of sp³-hybridized carbons (Fsp3) is 0.188. The number of phenolic OH excluding ortho intramolecular Hbond substituents is 1. The van der Waals surface area contributed by atoms with E-state index in [1.165, 1.54) is 10.6 Å². The molecule has 0 aliphatic carbocycles. The molecule has 2 aromatic heterocycles. The number of aromatic hydroxyl groups is 1. The van der Waals surface area contributed by atoms with Crippen molar-refractivity contribution in [2.45, 2.75) is 20.3 Å². The van der Waals surface area contributed by atoms with Gasteiger partial charge in [-0.1, -0.05) is 6.07 Å². The number of nitrogens with zero attached hydrogens (tertiary/aromatic N) is 3. The highest BCUT2D eigenvalue weighted by atomic mass is 19.3. The molecule has 25 heavy (non-hydrogen) atoms. The number of rotatable bonds is 3. The van der Waals surface area contributed by atoms with Crippen LogP contribution in [0.25, 0.3) is 16.9 Å². The average Bonchev–Trinajstić information content (AvgIpc) is 2.83. The Morgan fingerprint density at radius 3 is 2.60 bits per heavy atom. The number of phenols is 1. The van der Waals surface area contributed by atoms with Gasteiger partial charge in [0.05, 0.1) is 11.9 Å². The summed E-state index contributed by atoms with van der Waals surface area (Å²) in [5, 5.41) is 10.0. The van der Waals surface area contributed by atoms with Gasteiger partial charge in [0.15, 0.2) is 5.65 Å². The fourth-order valence-corrected chi connectivity index (χ4v) is 2.82. The first-order valence-corrected chi connectivity index (χ1v) is 7.28. The number of carbonyl (C=O) groups excluding carboxylic acids is 1. The Hall–Kier alpha value is -3.23. The van der Waals surface area contributed by atoms with Gasteiger partial charge in [-0.15, -0.1) is 0 Å². The molecule has 1 aromatic carbocycles. The maximum absolute atomic E-state index is 12.9. The summed E-state index contributed by atoms with van der Waals surface area (Å²) >= 11 is 0. The van der Waals surface area contributed by atoms with Gasteiger partial charge in [0.25, 0.3) is 12.3 Å². The van der Waals surface area contributed by atoms with Gasteiger partial charge in [-0.3, -0.25) is 9.36 Å². The van der Waals surface area contributed by atoms with Crippen LogP contribution >= 0.6 is 0 Å². The van der Waals surface area contributed by atoms with E-state index in [0.29, 0.717) is 11.3 Å². The number of alkyl halides is 2. The number of halogens is 2. The number of aryl methyl sites for hydroxylation is 1. The molecule has 0 atom stereocenters. The number of hydrogen-bond acceptors (Lipinski definition) is 5. The van der Waals surface area contributed by atoms with E-state index in [2.05, 4.69) is 9.97 Å². The minimum Gasteiger partial charge on any atom is -0.508 e. The van der Waals surface area contributed by atoms with E-state index < -0.39 is 18.0 Å². The maximum atomic E-state index is 12.9. The molecule has 0 radical (unpaired) electrons. The summed E-state index contributed by atoms with van der Waals surface area (Å²) in [6, 6.07) is 3.18. The van der Waals surface area contributed by atoms with Crippen molar-refractivity contribution in [2.24, 2.45) is 5.73 Å². The number of aromatic nitrogens is 3. The Balaban J connectivity index is 2.47. The fourth-order valence-electron chi connectivity index (χ4n) is 2.82. The van der Waals surface area contributed by atoms with Gasteiger partial charge in [-0.2, -0.15) is 0 Å². The number of carbonyl (C=O) groups is 1. The Bertz CT molecular complexity index is 1010. The van der Waals surface area contributed by atoms with E-state index in [0.717, 1.165) is 11.8 Å². The molecule has 3 aromatic rings. The van der Waals surface area contributed by atoms with Crippen LogP contribution in [0.2, 0.25) is 0 Å². The van der Waals surface area contributed by atoms with Crippen LogP contribution in [0.5, 0.6) is 5.75 Å². The van der Waals surface area contributed by atoms with Crippen molar-refractivity contribution in [3.05, 3.63) is 40.7 Å². The molecule has 5 N–H and O–H groups in total.